The van der Waals surface area contributed by atoms with Crippen LogP contribution < -0.4 is 4.74 Å². The molecule has 0 aliphatic heterocycles. The molecule has 0 aromatic heterocycles. The van der Waals surface area contributed by atoms with Crippen molar-refractivity contribution >= 4 is 17.3 Å². The summed E-state index contributed by atoms with van der Waals surface area (Å²) in [7, 11) is 0. The van der Waals surface area contributed by atoms with Gasteiger partial charge in [0.05, 0.1) is 11.0 Å². The normalized spacial score (nSPS) is 12.2. The van der Waals surface area contributed by atoms with E-state index in [0.717, 1.165) is 12.0 Å². The van der Waals surface area contributed by atoms with Crippen LogP contribution in [-0.4, -0.2) is 11.0 Å². The molecule has 0 N–H and O–H groups in total. The van der Waals surface area contributed by atoms with Gasteiger partial charge in [-0.1, -0.05) is 13.0 Å². The standard InChI is InChI=1S/C11H14ClNO3/c1-3-8(2)16-11-6-9(7-12)4-5-10(11)13(14)15/h4-6,8H,3,7H2,1-2H3. The number of alkyl halides is 1. The fourth-order valence-electron chi connectivity index (χ4n) is 1.19. The van der Waals surface area contributed by atoms with Crippen LogP contribution in [0.2, 0.25) is 0 Å². The Morgan fingerprint density at radius 3 is 2.75 bits per heavy atom. The minimum absolute atomic E-state index is 0.0193. The molecule has 4 nitrogen and oxygen atoms in total. The molecule has 0 amide bonds. The van der Waals surface area contributed by atoms with Crippen LogP contribution in [0.1, 0.15) is 25.8 Å². The smallest absolute Gasteiger partial charge is 0.310 e. The molecule has 1 atom stereocenters. The van der Waals surface area contributed by atoms with Gasteiger partial charge in [0.25, 0.3) is 0 Å². The van der Waals surface area contributed by atoms with E-state index in [1.807, 2.05) is 13.8 Å². The zero-order chi connectivity index (χ0) is 12.1. The third-order valence-electron chi connectivity index (χ3n) is 2.28. The van der Waals surface area contributed by atoms with Crippen molar-refractivity contribution in [2.24, 2.45) is 0 Å². The zero-order valence-corrected chi connectivity index (χ0v) is 10.0. The van der Waals surface area contributed by atoms with E-state index < -0.39 is 4.92 Å². The summed E-state index contributed by atoms with van der Waals surface area (Å²) in [5.41, 5.74) is 0.791. The van der Waals surface area contributed by atoms with Crippen molar-refractivity contribution in [3.8, 4) is 5.75 Å². The van der Waals surface area contributed by atoms with Gasteiger partial charge in [0, 0.05) is 11.9 Å². The van der Waals surface area contributed by atoms with E-state index in [1.54, 1.807) is 12.1 Å². The Balaban J connectivity index is 3.05. The Morgan fingerprint density at radius 1 is 1.56 bits per heavy atom. The van der Waals surface area contributed by atoms with E-state index in [0.29, 0.717) is 5.88 Å². The van der Waals surface area contributed by atoms with E-state index in [4.69, 9.17) is 16.3 Å². The number of nitro groups is 1. The predicted octanol–water partition coefficient (Wildman–Crippen LogP) is 3.51. The summed E-state index contributed by atoms with van der Waals surface area (Å²) in [5.74, 6) is 0.604. The summed E-state index contributed by atoms with van der Waals surface area (Å²) < 4.78 is 5.50. The largest absolute Gasteiger partial charge is 0.484 e. The van der Waals surface area contributed by atoms with Gasteiger partial charge in [0.15, 0.2) is 5.75 Å². The fraction of sp³-hybridized carbons (Fsp3) is 0.455. The minimum Gasteiger partial charge on any atom is -0.484 e. The summed E-state index contributed by atoms with van der Waals surface area (Å²) >= 11 is 5.68. The van der Waals surface area contributed by atoms with Crippen molar-refractivity contribution < 1.29 is 9.66 Å². The Bertz CT molecular complexity index is 381. The van der Waals surface area contributed by atoms with E-state index in [-0.39, 0.29) is 17.5 Å². The number of rotatable bonds is 5. The average molecular weight is 244 g/mol. The Kier molecular flexibility index (Phi) is 4.55. The van der Waals surface area contributed by atoms with E-state index >= 15 is 0 Å². The quantitative estimate of drug-likeness (QED) is 0.452. The molecule has 0 bridgehead atoms. The molecule has 0 heterocycles. The maximum absolute atomic E-state index is 10.8. The summed E-state index contributed by atoms with van der Waals surface area (Å²) in [4.78, 5) is 10.3. The highest BCUT2D eigenvalue weighted by atomic mass is 35.5. The molecule has 16 heavy (non-hydrogen) atoms. The number of benzene rings is 1. The van der Waals surface area contributed by atoms with E-state index in [9.17, 15) is 10.1 Å². The summed E-state index contributed by atoms with van der Waals surface area (Å²) in [5, 5.41) is 10.8. The second-order valence-electron chi connectivity index (χ2n) is 3.53. The number of nitrogens with zero attached hydrogens (tertiary/aromatic N) is 1. The van der Waals surface area contributed by atoms with Crippen LogP contribution in [0.15, 0.2) is 18.2 Å². The highest BCUT2D eigenvalue weighted by Gasteiger charge is 2.17. The molecule has 1 aromatic rings. The van der Waals surface area contributed by atoms with Crippen molar-refractivity contribution in [3.05, 3.63) is 33.9 Å². The third kappa shape index (κ3) is 3.10. The predicted molar refractivity (Wildman–Crippen MR) is 63.0 cm³/mol. The van der Waals surface area contributed by atoms with Crippen LogP contribution in [0.25, 0.3) is 0 Å². The molecular weight excluding hydrogens is 230 g/mol. The molecule has 0 spiro atoms. The molecule has 0 radical (unpaired) electrons. The molecular formula is C11H14ClNO3. The third-order valence-corrected chi connectivity index (χ3v) is 2.59. The van der Waals surface area contributed by atoms with E-state index in [2.05, 4.69) is 0 Å². The van der Waals surface area contributed by atoms with Crippen LogP contribution in [0, 0.1) is 10.1 Å². The lowest BCUT2D eigenvalue weighted by Gasteiger charge is -2.13. The average Bonchev–Trinajstić information content (AvgIpc) is 2.28. The molecule has 1 unspecified atom stereocenters. The highest BCUT2D eigenvalue weighted by Crippen LogP contribution is 2.29. The Morgan fingerprint density at radius 2 is 2.25 bits per heavy atom. The number of hydrogen-bond donors (Lipinski definition) is 0. The first-order chi connectivity index (χ1) is 7.58. The zero-order valence-electron chi connectivity index (χ0n) is 9.27. The van der Waals surface area contributed by atoms with Gasteiger partial charge >= 0.3 is 5.69 Å². The topological polar surface area (TPSA) is 52.4 Å². The molecule has 0 saturated heterocycles. The van der Waals surface area contributed by atoms with Gasteiger partial charge in [-0.3, -0.25) is 10.1 Å². The summed E-state index contributed by atoms with van der Waals surface area (Å²) in [6.07, 6.45) is 0.742. The second-order valence-corrected chi connectivity index (χ2v) is 3.80. The molecule has 1 aromatic carbocycles. The first-order valence-electron chi connectivity index (χ1n) is 5.08. The maximum atomic E-state index is 10.8. The molecule has 0 aliphatic carbocycles. The van der Waals surface area contributed by atoms with Crippen molar-refractivity contribution in [2.75, 3.05) is 0 Å². The fourth-order valence-corrected chi connectivity index (χ4v) is 1.35. The maximum Gasteiger partial charge on any atom is 0.310 e. The van der Waals surface area contributed by atoms with Crippen molar-refractivity contribution in [1.82, 2.24) is 0 Å². The van der Waals surface area contributed by atoms with Gasteiger partial charge in [-0.2, -0.15) is 0 Å². The molecule has 0 saturated carbocycles. The van der Waals surface area contributed by atoms with Crippen molar-refractivity contribution in [3.63, 3.8) is 0 Å². The van der Waals surface area contributed by atoms with Gasteiger partial charge in [-0.15, -0.1) is 11.6 Å². The number of halogens is 1. The van der Waals surface area contributed by atoms with Crippen LogP contribution in [0.4, 0.5) is 5.69 Å². The first kappa shape index (κ1) is 12.8. The number of nitro benzene ring substituents is 1. The monoisotopic (exact) mass is 243 g/mol. The lowest BCUT2D eigenvalue weighted by atomic mass is 10.2. The number of hydrogen-bond acceptors (Lipinski definition) is 3. The van der Waals surface area contributed by atoms with Crippen LogP contribution in [-0.2, 0) is 5.88 Å². The lowest BCUT2D eigenvalue weighted by molar-refractivity contribution is -0.386. The molecule has 88 valence electrons. The Labute approximate surface area is 99.3 Å². The van der Waals surface area contributed by atoms with Gasteiger partial charge in [0.2, 0.25) is 0 Å². The van der Waals surface area contributed by atoms with Crippen LogP contribution in [0.3, 0.4) is 0 Å². The van der Waals surface area contributed by atoms with Gasteiger partial charge in [-0.05, 0) is 25.0 Å². The van der Waals surface area contributed by atoms with Crippen LogP contribution >= 0.6 is 11.6 Å². The molecule has 1 rings (SSSR count). The Hall–Kier alpha value is -1.29. The highest BCUT2D eigenvalue weighted by molar-refractivity contribution is 6.17. The SMILES string of the molecule is CCC(C)Oc1cc(CCl)ccc1[N+](=O)[O-]. The molecule has 0 fully saturated rings. The summed E-state index contributed by atoms with van der Waals surface area (Å²) in [6.45, 7) is 3.83. The second kappa shape index (κ2) is 5.70. The summed E-state index contributed by atoms with van der Waals surface area (Å²) in [6, 6.07) is 4.68. The lowest BCUT2D eigenvalue weighted by Crippen LogP contribution is -2.11. The van der Waals surface area contributed by atoms with Gasteiger partial charge in [-0.25, -0.2) is 0 Å². The number of ether oxygens (including phenoxy) is 1. The minimum atomic E-state index is -0.449. The molecule has 5 heteroatoms. The first-order valence-corrected chi connectivity index (χ1v) is 5.61. The van der Waals surface area contributed by atoms with Crippen LogP contribution in [0.5, 0.6) is 5.75 Å². The van der Waals surface area contributed by atoms with E-state index in [1.165, 1.54) is 6.07 Å². The van der Waals surface area contributed by atoms with Gasteiger partial charge in [0.1, 0.15) is 0 Å². The van der Waals surface area contributed by atoms with Crippen molar-refractivity contribution in [1.29, 1.82) is 0 Å². The molecule has 0 aliphatic rings. The van der Waals surface area contributed by atoms with Crippen molar-refractivity contribution in [2.45, 2.75) is 32.3 Å². The van der Waals surface area contributed by atoms with Gasteiger partial charge < -0.3 is 4.74 Å².